The Morgan fingerprint density at radius 2 is 2.08 bits per heavy atom. The van der Waals surface area contributed by atoms with E-state index in [9.17, 15) is 4.79 Å². The van der Waals surface area contributed by atoms with Crippen molar-refractivity contribution in [1.82, 2.24) is 4.98 Å². The van der Waals surface area contributed by atoms with Crippen LogP contribution in [0.5, 0.6) is 11.5 Å². The van der Waals surface area contributed by atoms with Crippen LogP contribution in [0.3, 0.4) is 0 Å². The highest BCUT2D eigenvalue weighted by atomic mass is 16.5. The molecule has 0 fully saturated rings. The maximum Gasteiger partial charge on any atom is 0.308 e. The number of esters is 1. The van der Waals surface area contributed by atoms with E-state index < -0.39 is 0 Å². The van der Waals surface area contributed by atoms with Gasteiger partial charge in [0.1, 0.15) is 11.5 Å². The number of methoxy groups -OCH3 is 2. The second-order valence-corrected chi connectivity index (χ2v) is 5.52. The number of ether oxygens (including phenoxy) is 3. The van der Waals surface area contributed by atoms with Crippen molar-refractivity contribution in [1.29, 1.82) is 0 Å². The van der Waals surface area contributed by atoms with Crippen molar-refractivity contribution in [3.05, 3.63) is 30.5 Å². The molecule has 1 aromatic carbocycles. The molecule has 0 amide bonds. The number of carbonyl (C=O) groups excluding carboxylic acids is 1. The van der Waals surface area contributed by atoms with E-state index in [0.29, 0.717) is 24.5 Å². The Hall–Kier alpha value is -2.76. The molecule has 3 rings (SSSR count). The maximum atomic E-state index is 11.4. The van der Waals surface area contributed by atoms with Gasteiger partial charge >= 0.3 is 5.97 Å². The molecule has 0 radical (unpaired) electrons. The van der Waals surface area contributed by atoms with Gasteiger partial charge < -0.3 is 18.6 Å². The van der Waals surface area contributed by atoms with E-state index in [4.69, 9.17) is 18.6 Å². The third-order valence-electron chi connectivity index (χ3n) is 3.95. The molecule has 0 aliphatic carbocycles. The molecular formula is C18H19NO5. The molecule has 6 nitrogen and oxygen atoms in total. The number of furan rings is 1. The molecule has 1 atom stereocenters. The number of aromatic nitrogens is 1. The van der Waals surface area contributed by atoms with E-state index in [0.717, 1.165) is 22.0 Å². The molecule has 0 N–H and O–H groups in total. The topological polar surface area (TPSA) is 70.8 Å². The molecule has 0 aliphatic rings. The summed E-state index contributed by atoms with van der Waals surface area (Å²) >= 11 is 0. The summed E-state index contributed by atoms with van der Waals surface area (Å²) in [7, 11) is 3.01. The van der Waals surface area contributed by atoms with Crippen LogP contribution >= 0.6 is 0 Å². The van der Waals surface area contributed by atoms with Gasteiger partial charge in [0.2, 0.25) is 5.71 Å². The summed E-state index contributed by atoms with van der Waals surface area (Å²) in [5.41, 5.74) is 1.25. The van der Waals surface area contributed by atoms with Crippen LogP contribution in [0, 0.1) is 5.92 Å². The van der Waals surface area contributed by atoms with E-state index in [-0.39, 0.29) is 11.9 Å². The lowest BCUT2D eigenvalue weighted by Crippen LogP contribution is -2.15. The predicted octanol–water partition coefficient (Wildman–Crippen LogP) is 3.57. The van der Waals surface area contributed by atoms with E-state index in [1.54, 1.807) is 13.4 Å². The van der Waals surface area contributed by atoms with Crippen LogP contribution in [-0.4, -0.2) is 31.8 Å². The lowest BCUT2D eigenvalue weighted by molar-refractivity contribution is -0.145. The number of fused-ring (bicyclic) bond motifs is 2. The van der Waals surface area contributed by atoms with Crippen LogP contribution in [0.4, 0.5) is 0 Å². The van der Waals surface area contributed by atoms with Crippen LogP contribution in [0.15, 0.2) is 34.9 Å². The highest BCUT2D eigenvalue weighted by Crippen LogP contribution is 2.34. The zero-order valence-electron chi connectivity index (χ0n) is 13.9. The molecule has 0 saturated heterocycles. The van der Waals surface area contributed by atoms with Gasteiger partial charge in [0.25, 0.3) is 0 Å². The van der Waals surface area contributed by atoms with Crippen LogP contribution < -0.4 is 9.47 Å². The summed E-state index contributed by atoms with van der Waals surface area (Å²) in [4.78, 5) is 15.9. The van der Waals surface area contributed by atoms with Gasteiger partial charge in [-0.2, -0.15) is 0 Å². The maximum absolute atomic E-state index is 11.4. The SMILES string of the molecule is COC(=O)[C@H](C)CCOc1ccc2c(OC)c3ccoc3nc2c1. The first-order valence-corrected chi connectivity index (χ1v) is 7.69. The Kier molecular flexibility index (Phi) is 4.55. The van der Waals surface area contributed by atoms with Crippen LogP contribution in [0.2, 0.25) is 0 Å². The molecule has 0 bridgehead atoms. The van der Waals surface area contributed by atoms with Gasteiger partial charge in [0.05, 0.1) is 43.9 Å². The normalized spacial score (nSPS) is 12.3. The van der Waals surface area contributed by atoms with Crippen molar-refractivity contribution in [2.75, 3.05) is 20.8 Å². The van der Waals surface area contributed by atoms with Gasteiger partial charge in [0, 0.05) is 11.5 Å². The summed E-state index contributed by atoms with van der Waals surface area (Å²) in [5.74, 6) is 0.981. The lowest BCUT2D eigenvalue weighted by atomic mass is 10.1. The molecule has 0 unspecified atom stereocenters. The van der Waals surface area contributed by atoms with Crippen LogP contribution in [0.1, 0.15) is 13.3 Å². The number of rotatable bonds is 6. The minimum absolute atomic E-state index is 0.198. The quantitative estimate of drug-likeness (QED) is 0.644. The van der Waals surface area contributed by atoms with E-state index in [1.807, 2.05) is 31.2 Å². The van der Waals surface area contributed by atoms with Crippen molar-refractivity contribution >= 4 is 28.0 Å². The summed E-state index contributed by atoms with van der Waals surface area (Å²) < 4.78 is 21.3. The van der Waals surface area contributed by atoms with E-state index >= 15 is 0 Å². The average molecular weight is 329 g/mol. The Morgan fingerprint density at radius 3 is 2.83 bits per heavy atom. The van der Waals surface area contributed by atoms with Crippen molar-refractivity contribution in [3.8, 4) is 11.5 Å². The molecule has 0 spiro atoms. The number of hydrogen-bond acceptors (Lipinski definition) is 6. The Balaban J connectivity index is 1.81. The second-order valence-electron chi connectivity index (χ2n) is 5.52. The molecule has 126 valence electrons. The highest BCUT2D eigenvalue weighted by Gasteiger charge is 2.14. The van der Waals surface area contributed by atoms with Gasteiger partial charge in [-0.25, -0.2) is 4.98 Å². The summed E-state index contributed by atoms with van der Waals surface area (Å²) in [6.07, 6.45) is 2.17. The highest BCUT2D eigenvalue weighted by molar-refractivity contribution is 5.99. The summed E-state index contributed by atoms with van der Waals surface area (Å²) in [5, 5.41) is 1.73. The lowest BCUT2D eigenvalue weighted by Gasteiger charge is -2.11. The number of nitrogens with zero attached hydrogens (tertiary/aromatic N) is 1. The fraction of sp³-hybridized carbons (Fsp3) is 0.333. The summed E-state index contributed by atoms with van der Waals surface area (Å²) in [6.45, 7) is 2.23. The van der Waals surface area contributed by atoms with Crippen molar-refractivity contribution in [2.24, 2.45) is 5.92 Å². The molecule has 0 saturated carbocycles. The Labute approximate surface area is 139 Å². The van der Waals surface area contributed by atoms with E-state index in [1.165, 1.54) is 7.11 Å². The van der Waals surface area contributed by atoms with Gasteiger partial charge in [0.15, 0.2) is 0 Å². The first kappa shape index (κ1) is 16.1. The standard InChI is InChI=1S/C18H19NO5/c1-11(18(20)22-3)6-8-23-12-4-5-13-15(10-12)19-17-14(7-9-24-17)16(13)21-2/h4-5,7,9-11H,6,8H2,1-3H3/t11-/m1/s1. The van der Waals surface area contributed by atoms with E-state index in [2.05, 4.69) is 4.98 Å². The molecule has 3 aromatic rings. The fourth-order valence-corrected chi connectivity index (χ4v) is 2.59. The zero-order valence-corrected chi connectivity index (χ0v) is 13.9. The molecule has 0 aliphatic heterocycles. The van der Waals surface area contributed by atoms with Crippen LogP contribution in [0.25, 0.3) is 22.0 Å². The van der Waals surface area contributed by atoms with Crippen molar-refractivity contribution in [3.63, 3.8) is 0 Å². The van der Waals surface area contributed by atoms with Gasteiger partial charge in [-0.1, -0.05) is 6.92 Å². The first-order chi connectivity index (χ1) is 11.6. The first-order valence-electron chi connectivity index (χ1n) is 7.69. The monoisotopic (exact) mass is 329 g/mol. The largest absolute Gasteiger partial charge is 0.495 e. The molecule has 2 aromatic heterocycles. The fourth-order valence-electron chi connectivity index (χ4n) is 2.59. The third kappa shape index (κ3) is 2.99. The van der Waals surface area contributed by atoms with Gasteiger partial charge in [-0.15, -0.1) is 0 Å². The second kappa shape index (κ2) is 6.78. The molecule has 2 heterocycles. The molecule has 24 heavy (non-hydrogen) atoms. The number of hydrogen-bond donors (Lipinski definition) is 0. The number of pyridine rings is 1. The van der Waals surface area contributed by atoms with Gasteiger partial charge in [-0.05, 0) is 24.6 Å². The third-order valence-corrected chi connectivity index (χ3v) is 3.95. The minimum Gasteiger partial charge on any atom is -0.495 e. The molecular weight excluding hydrogens is 310 g/mol. The zero-order chi connectivity index (χ0) is 17.1. The number of benzene rings is 1. The molecule has 6 heteroatoms. The van der Waals surface area contributed by atoms with Gasteiger partial charge in [-0.3, -0.25) is 4.79 Å². The predicted molar refractivity (Wildman–Crippen MR) is 89.4 cm³/mol. The smallest absolute Gasteiger partial charge is 0.308 e. The number of carbonyl (C=O) groups is 1. The van der Waals surface area contributed by atoms with Crippen molar-refractivity contribution in [2.45, 2.75) is 13.3 Å². The summed E-state index contributed by atoms with van der Waals surface area (Å²) in [6, 6.07) is 7.44. The van der Waals surface area contributed by atoms with Crippen molar-refractivity contribution < 1.29 is 23.4 Å². The Morgan fingerprint density at radius 1 is 1.25 bits per heavy atom. The minimum atomic E-state index is -0.233. The average Bonchev–Trinajstić information content (AvgIpc) is 3.06. The van der Waals surface area contributed by atoms with Crippen LogP contribution in [-0.2, 0) is 9.53 Å². The Bertz CT molecular complexity index is 870.